The van der Waals surface area contributed by atoms with Gasteiger partial charge in [0.2, 0.25) is 5.60 Å². The van der Waals surface area contributed by atoms with Crippen LogP contribution in [0.25, 0.3) is 0 Å². The zero-order chi connectivity index (χ0) is 28.6. The Labute approximate surface area is 219 Å². The third-order valence-corrected chi connectivity index (χ3v) is 7.24. The quantitative estimate of drug-likeness (QED) is 0.285. The molecule has 1 fully saturated rings. The fraction of sp³-hybridized carbons (Fsp3) is 0.333. The first kappa shape index (κ1) is 28.6. The number of hydrogen-bond donors (Lipinski definition) is 2. The first-order chi connectivity index (χ1) is 18.3. The van der Waals surface area contributed by atoms with Crippen molar-refractivity contribution < 1.29 is 45.5 Å². The van der Waals surface area contributed by atoms with Crippen molar-refractivity contribution in [1.29, 1.82) is 0 Å². The number of nitrogens with zero attached hydrogens (tertiary/aromatic N) is 2. The van der Waals surface area contributed by atoms with Crippen LogP contribution in [0, 0.1) is 13.8 Å². The van der Waals surface area contributed by atoms with Crippen LogP contribution in [-0.4, -0.2) is 45.3 Å². The van der Waals surface area contributed by atoms with E-state index < -0.39 is 50.4 Å². The summed E-state index contributed by atoms with van der Waals surface area (Å²) in [4.78, 5) is 15.5. The van der Waals surface area contributed by atoms with Crippen LogP contribution in [-0.2, 0) is 13.8 Å². The number of alkyl halides is 4. The van der Waals surface area contributed by atoms with Crippen LogP contribution >= 0.6 is 7.82 Å². The maximum Gasteiger partial charge on any atom is 0.587 e. The molecule has 3 atom stereocenters. The van der Waals surface area contributed by atoms with E-state index in [2.05, 4.69) is 4.98 Å². The Balaban J connectivity index is 1.68. The first-order valence-electron chi connectivity index (χ1n) is 11.4. The van der Waals surface area contributed by atoms with Crippen molar-refractivity contribution in [2.45, 2.75) is 44.1 Å². The summed E-state index contributed by atoms with van der Waals surface area (Å²) in [6, 6.07) is 12.9. The van der Waals surface area contributed by atoms with Crippen molar-refractivity contribution in [2.75, 3.05) is 12.3 Å². The number of nitrogen functional groups attached to an aromatic ring is 1. The predicted molar refractivity (Wildman–Crippen MR) is 130 cm³/mol. The molecule has 2 aromatic carbocycles. The van der Waals surface area contributed by atoms with Crippen molar-refractivity contribution >= 4 is 13.6 Å². The summed E-state index contributed by atoms with van der Waals surface area (Å²) in [7, 11) is -4.94. The Morgan fingerprint density at radius 2 is 1.56 bits per heavy atom. The molecule has 1 aromatic heterocycles. The highest BCUT2D eigenvalue weighted by atomic mass is 31.2. The number of phosphoric ester groups is 1. The van der Waals surface area contributed by atoms with Gasteiger partial charge in [0.1, 0.15) is 23.9 Å². The number of benzene rings is 2. The highest BCUT2D eigenvalue weighted by Crippen LogP contribution is 2.55. The highest BCUT2D eigenvalue weighted by Gasteiger charge is 2.74. The highest BCUT2D eigenvalue weighted by molar-refractivity contribution is 7.49. The summed E-state index contributed by atoms with van der Waals surface area (Å²) in [6.07, 6.45) is -8.41. The molecule has 2 heterocycles. The lowest BCUT2D eigenvalue weighted by atomic mass is 9.95. The van der Waals surface area contributed by atoms with Crippen LogP contribution < -0.4 is 20.5 Å². The average Bonchev–Trinajstić information content (AvgIpc) is 3.07. The molecular weight excluding hydrogens is 549 g/mol. The minimum atomic E-state index is -4.94. The summed E-state index contributed by atoms with van der Waals surface area (Å²) in [5.74, 6) is -5.13. The van der Waals surface area contributed by atoms with Crippen molar-refractivity contribution in [1.82, 2.24) is 9.55 Å². The molecular formula is C24H24F4N3O7P. The van der Waals surface area contributed by atoms with Crippen LogP contribution in [0.3, 0.4) is 0 Å². The minimum Gasteiger partial charge on any atom is -0.395 e. The number of phosphoric acid groups is 1. The Bertz CT molecular complexity index is 1370. The standard InChI is InChI=1S/C24H24F4N3O7P/c1-14-3-7-16(8-4-14)37-39(34,38-17-9-5-15(2)6-10-17)35-13-23(21(25)26)24(27,28)19(32)20(36-23)31-12-11-18(29)30-22(31)33/h3-12,19-21,32H,13H2,1-2H3,(H2,29,30,33)/t19-,20+,23-/m0/s1. The molecule has 0 unspecified atom stereocenters. The summed E-state index contributed by atoms with van der Waals surface area (Å²) >= 11 is 0. The van der Waals surface area contributed by atoms with E-state index in [1.165, 1.54) is 24.3 Å². The minimum absolute atomic E-state index is 0.0707. The van der Waals surface area contributed by atoms with Gasteiger partial charge < -0.3 is 24.6 Å². The van der Waals surface area contributed by atoms with E-state index in [-0.39, 0.29) is 17.3 Å². The molecule has 0 radical (unpaired) electrons. The molecule has 1 aliphatic rings. The molecule has 210 valence electrons. The number of rotatable bonds is 9. The van der Waals surface area contributed by atoms with Gasteiger partial charge in [-0.05, 0) is 44.2 Å². The zero-order valence-corrected chi connectivity index (χ0v) is 21.4. The second-order valence-corrected chi connectivity index (χ2v) is 10.4. The number of anilines is 1. The third-order valence-electron chi connectivity index (χ3n) is 5.93. The van der Waals surface area contributed by atoms with Gasteiger partial charge in [0.25, 0.3) is 6.43 Å². The normalized spacial score (nSPS) is 22.7. The Morgan fingerprint density at radius 1 is 1.05 bits per heavy atom. The van der Waals surface area contributed by atoms with Gasteiger partial charge in [-0.3, -0.25) is 9.09 Å². The lowest BCUT2D eigenvalue weighted by Crippen LogP contribution is -2.57. The number of halogens is 4. The second kappa shape index (κ2) is 10.6. The number of aromatic nitrogens is 2. The first-order valence-corrected chi connectivity index (χ1v) is 12.9. The lowest BCUT2D eigenvalue weighted by molar-refractivity contribution is -0.242. The molecule has 1 aliphatic heterocycles. The number of nitrogens with two attached hydrogens (primary N) is 1. The smallest absolute Gasteiger partial charge is 0.395 e. The molecule has 0 bridgehead atoms. The molecule has 1 saturated heterocycles. The number of aryl methyl sites for hydroxylation is 2. The van der Waals surface area contributed by atoms with Crippen LogP contribution in [0.2, 0.25) is 0 Å². The fourth-order valence-electron chi connectivity index (χ4n) is 3.71. The largest absolute Gasteiger partial charge is 0.587 e. The SMILES string of the molecule is Cc1ccc(OP(=O)(OC[C@@]2(C(F)F)O[C@@H](n3ccc(N)nc3=O)[C@H](O)C2(F)F)Oc2ccc(C)cc2)cc1. The monoisotopic (exact) mass is 573 g/mol. The third kappa shape index (κ3) is 5.64. The van der Waals surface area contributed by atoms with Crippen LogP contribution in [0.1, 0.15) is 17.4 Å². The van der Waals surface area contributed by atoms with Gasteiger partial charge >= 0.3 is 19.4 Å². The van der Waals surface area contributed by atoms with Crippen LogP contribution in [0.15, 0.2) is 65.6 Å². The topological polar surface area (TPSA) is 135 Å². The fourth-order valence-corrected chi connectivity index (χ4v) is 4.96. The van der Waals surface area contributed by atoms with Crippen molar-refractivity contribution in [2.24, 2.45) is 0 Å². The van der Waals surface area contributed by atoms with Gasteiger partial charge in [-0.2, -0.15) is 13.8 Å². The Hall–Kier alpha value is -3.45. The van der Waals surface area contributed by atoms with E-state index in [9.17, 15) is 23.2 Å². The van der Waals surface area contributed by atoms with E-state index in [0.717, 1.165) is 23.4 Å². The van der Waals surface area contributed by atoms with Crippen LogP contribution in [0.4, 0.5) is 23.4 Å². The number of aliphatic hydroxyl groups excluding tert-OH is 1. The van der Waals surface area contributed by atoms with Gasteiger partial charge in [0, 0.05) is 6.20 Å². The Morgan fingerprint density at radius 3 is 2.03 bits per heavy atom. The summed E-state index contributed by atoms with van der Waals surface area (Å²) in [5.41, 5.74) is 1.88. The maximum atomic E-state index is 15.3. The zero-order valence-electron chi connectivity index (χ0n) is 20.5. The molecule has 39 heavy (non-hydrogen) atoms. The molecule has 15 heteroatoms. The van der Waals surface area contributed by atoms with Gasteiger partial charge in [-0.15, -0.1) is 0 Å². The predicted octanol–water partition coefficient (Wildman–Crippen LogP) is 4.25. The molecule has 4 rings (SSSR count). The molecule has 3 aromatic rings. The van der Waals surface area contributed by atoms with Crippen LogP contribution in [0.5, 0.6) is 11.5 Å². The van der Waals surface area contributed by atoms with E-state index >= 15 is 8.78 Å². The van der Waals surface area contributed by atoms with Crippen molar-refractivity contribution in [3.8, 4) is 11.5 Å². The van der Waals surface area contributed by atoms with Crippen molar-refractivity contribution in [3.05, 3.63) is 82.4 Å². The van der Waals surface area contributed by atoms with E-state index in [1.54, 1.807) is 38.1 Å². The number of aliphatic hydroxyl groups is 1. The average molecular weight is 573 g/mol. The number of hydrogen-bond acceptors (Lipinski definition) is 9. The summed E-state index contributed by atoms with van der Waals surface area (Å²) in [6.45, 7) is 1.76. The maximum absolute atomic E-state index is 15.3. The van der Waals surface area contributed by atoms with E-state index in [1.807, 2.05) is 0 Å². The molecule has 0 saturated carbocycles. The molecule has 0 aliphatic carbocycles. The number of ether oxygens (including phenoxy) is 1. The van der Waals surface area contributed by atoms with Gasteiger partial charge in [0.15, 0.2) is 12.3 Å². The molecule has 0 spiro atoms. The van der Waals surface area contributed by atoms with Gasteiger partial charge in [0.05, 0.1) is 0 Å². The van der Waals surface area contributed by atoms with E-state index in [4.69, 9.17) is 24.0 Å². The summed E-state index contributed by atoms with van der Waals surface area (Å²) < 4.78 is 94.0. The van der Waals surface area contributed by atoms with E-state index in [0.29, 0.717) is 4.57 Å². The molecule has 3 N–H and O–H groups in total. The summed E-state index contributed by atoms with van der Waals surface area (Å²) in [5, 5.41) is 10.3. The molecule has 0 amide bonds. The Kier molecular flexibility index (Phi) is 7.77. The van der Waals surface area contributed by atoms with Gasteiger partial charge in [-0.1, -0.05) is 35.4 Å². The van der Waals surface area contributed by atoms with Gasteiger partial charge in [-0.25, -0.2) is 18.1 Å². The second-order valence-electron chi connectivity index (χ2n) is 8.84. The van der Waals surface area contributed by atoms with Crippen molar-refractivity contribution in [3.63, 3.8) is 0 Å². The lowest BCUT2D eigenvalue weighted by Gasteiger charge is -2.33. The molecule has 10 nitrogen and oxygen atoms in total.